The number of hydrogen-bond donors (Lipinski definition) is 0. The first-order valence-electron chi connectivity index (χ1n) is 1.61. The lowest BCUT2D eigenvalue weighted by Gasteiger charge is -1.63. The van der Waals surface area contributed by atoms with Crippen LogP contribution >= 0.6 is 12.6 Å². The van der Waals surface area contributed by atoms with Crippen molar-refractivity contribution in [1.82, 2.24) is 0 Å². The number of allylic oxidation sites excluding steroid dienone is 1. The van der Waals surface area contributed by atoms with Gasteiger partial charge in [0, 0.05) is 5.75 Å². The lowest BCUT2D eigenvalue weighted by Crippen LogP contribution is -1.51. The molecule has 5 heavy (non-hydrogen) atoms. The summed E-state index contributed by atoms with van der Waals surface area (Å²) in [4.78, 5) is 0. The van der Waals surface area contributed by atoms with E-state index in [1.165, 1.54) is 0 Å². The molecule has 0 rings (SSSR count). The van der Waals surface area contributed by atoms with Gasteiger partial charge in [0.15, 0.2) is 0 Å². The molecule has 0 N–H and O–H groups in total. The third kappa shape index (κ3) is 4.09. The second-order valence-corrected chi connectivity index (χ2v) is 1.07. The highest BCUT2D eigenvalue weighted by atomic mass is 32.1. The largest absolute Gasteiger partial charge is 0.0908 e. The molecule has 0 aliphatic carbocycles. The molecule has 0 atom stereocenters. The van der Waals surface area contributed by atoms with Gasteiger partial charge in [0.05, 0.1) is 0 Å². The molecule has 29 valence electrons. The molecule has 0 nitrogen and oxygen atoms in total. The Labute approximate surface area is 38.3 Å². The summed E-state index contributed by atoms with van der Waals surface area (Å²) in [6.07, 6.45) is 3.89. The molecule has 0 fully saturated rings. The second kappa shape index (κ2) is 4.09. The summed E-state index contributed by atoms with van der Waals surface area (Å²) in [6, 6.07) is 0. The molecule has 0 aromatic rings. The zero-order chi connectivity index (χ0) is 4.12. The molecule has 0 aliphatic heterocycles. The average Bonchev–Trinajstić information content (AvgIpc) is 1.41. The summed E-state index contributed by atoms with van der Waals surface area (Å²) in [5, 5.41) is 0. The van der Waals surface area contributed by atoms with E-state index in [0.717, 1.165) is 5.75 Å². The van der Waals surface area contributed by atoms with Crippen molar-refractivity contribution in [3.05, 3.63) is 12.2 Å². The maximum atomic E-state index is 4.56. The quantitative estimate of drug-likeness (QED) is 0.427. The van der Waals surface area contributed by atoms with E-state index in [9.17, 15) is 0 Å². The highest BCUT2D eigenvalue weighted by molar-refractivity contribution is 7.80. The van der Waals surface area contributed by atoms with Gasteiger partial charge in [-0.15, -0.1) is 0 Å². The molecule has 1 radical (unpaired) electrons. The van der Waals surface area contributed by atoms with Crippen molar-refractivity contribution in [2.45, 2.75) is 6.92 Å². The Balaban J connectivity index is 2.62. The first-order valence-corrected chi connectivity index (χ1v) is 2.18. The monoisotopic (exact) mass is 87.0 g/mol. The van der Waals surface area contributed by atoms with E-state index in [2.05, 4.69) is 12.6 Å². The van der Waals surface area contributed by atoms with Gasteiger partial charge in [-0.2, -0.15) is 0 Å². The van der Waals surface area contributed by atoms with Gasteiger partial charge in [-0.25, -0.2) is 0 Å². The van der Waals surface area contributed by atoms with Crippen LogP contribution < -0.4 is 0 Å². The molecule has 0 spiro atoms. The standard InChI is InChI=1S/C4H7S/c1-2-3-4-5/h2-3H,4H2,1H3. The second-order valence-electron chi connectivity index (χ2n) is 0.736. The molecule has 1 heteroatoms. The van der Waals surface area contributed by atoms with Crippen LogP contribution in [0.1, 0.15) is 6.92 Å². The summed E-state index contributed by atoms with van der Waals surface area (Å²) < 4.78 is 0. The molecule has 0 heterocycles. The van der Waals surface area contributed by atoms with Crippen molar-refractivity contribution < 1.29 is 0 Å². The summed E-state index contributed by atoms with van der Waals surface area (Å²) in [7, 11) is 0. The van der Waals surface area contributed by atoms with Crippen LogP contribution in [-0.2, 0) is 0 Å². The highest BCUT2D eigenvalue weighted by Crippen LogP contribution is 1.72. The van der Waals surface area contributed by atoms with E-state index in [4.69, 9.17) is 0 Å². The Kier molecular flexibility index (Phi) is 4.16. The van der Waals surface area contributed by atoms with Crippen molar-refractivity contribution in [1.29, 1.82) is 0 Å². The first kappa shape index (κ1) is 5.09. The van der Waals surface area contributed by atoms with E-state index in [1.54, 1.807) is 0 Å². The van der Waals surface area contributed by atoms with Gasteiger partial charge in [-0.1, -0.05) is 24.8 Å². The van der Waals surface area contributed by atoms with Gasteiger partial charge in [0.25, 0.3) is 0 Å². The van der Waals surface area contributed by atoms with E-state index in [0.29, 0.717) is 0 Å². The summed E-state index contributed by atoms with van der Waals surface area (Å²) >= 11 is 4.56. The van der Waals surface area contributed by atoms with E-state index >= 15 is 0 Å². The predicted molar refractivity (Wildman–Crippen MR) is 27.3 cm³/mol. The minimum atomic E-state index is 0.747. The van der Waals surface area contributed by atoms with Crippen LogP contribution in [0.15, 0.2) is 12.2 Å². The van der Waals surface area contributed by atoms with E-state index in [1.807, 2.05) is 19.1 Å². The fraction of sp³-hybridized carbons (Fsp3) is 0.500. The van der Waals surface area contributed by atoms with Crippen LogP contribution in [0.3, 0.4) is 0 Å². The van der Waals surface area contributed by atoms with Crippen molar-refractivity contribution in [3.8, 4) is 0 Å². The third-order valence-electron chi connectivity index (χ3n) is 0.332. The fourth-order valence-corrected chi connectivity index (χ4v) is 0.289. The molecular weight excluding hydrogens is 80.1 g/mol. The van der Waals surface area contributed by atoms with Crippen LogP contribution in [-0.4, -0.2) is 5.75 Å². The Morgan fingerprint density at radius 3 is 2.40 bits per heavy atom. The Morgan fingerprint density at radius 1 is 1.80 bits per heavy atom. The van der Waals surface area contributed by atoms with Crippen molar-refractivity contribution in [2.24, 2.45) is 0 Å². The SMILES string of the molecule is CC=CC[S]. The molecule has 0 aromatic carbocycles. The predicted octanol–water partition coefficient (Wildman–Crippen LogP) is 1.76. The van der Waals surface area contributed by atoms with Gasteiger partial charge < -0.3 is 0 Å². The number of hydrogen-bond acceptors (Lipinski definition) is 0. The lowest BCUT2D eigenvalue weighted by atomic mass is 10.6. The topological polar surface area (TPSA) is 0 Å². The molecule has 0 aromatic heterocycles. The van der Waals surface area contributed by atoms with Gasteiger partial charge in [0.2, 0.25) is 0 Å². The molecule has 0 bridgehead atoms. The van der Waals surface area contributed by atoms with E-state index < -0.39 is 0 Å². The van der Waals surface area contributed by atoms with Crippen LogP contribution in [0.2, 0.25) is 0 Å². The maximum Gasteiger partial charge on any atom is 0.0217 e. The fourth-order valence-electron chi connectivity index (χ4n) is 0.0962. The molecule has 0 saturated carbocycles. The zero-order valence-electron chi connectivity index (χ0n) is 3.27. The van der Waals surface area contributed by atoms with Gasteiger partial charge in [-0.3, -0.25) is 0 Å². The van der Waals surface area contributed by atoms with Crippen LogP contribution in [0.25, 0.3) is 0 Å². The molecule has 0 amide bonds. The zero-order valence-corrected chi connectivity index (χ0v) is 4.09. The highest BCUT2D eigenvalue weighted by Gasteiger charge is 1.54. The summed E-state index contributed by atoms with van der Waals surface area (Å²) in [6.45, 7) is 1.96. The minimum Gasteiger partial charge on any atom is -0.0908 e. The van der Waals surface area contributed by atoms with Crippen LogP contribution in [0.5, 0.6) is 0 Å². The molecule has 0 aliphatic rings. The third-order valence-corrected chi connectivity index (χ3v) is 0.524. The molecule has 0 saturated heterocycles. The van der Waals surface area contributed by atoms with Crippen LogP contribution in [0, 0.1) is 0 Å². The average molecular weight is 87.2 g/mol. The van der Waals surface area contributed by atoms with Crippen LogP contribution in [0.4, 0.5) is 0 Å². The van der Waals surface area contributed by atoms with Crippen molar-refractivity contribution in [2.75, 3.05) is 5.75 Å². The van der Waals surface area contributed by atoms with Crippen molar-refractivity contribution in [3.63, 3.8) is 0 Å². The normalized spacial score (nSPS) is 10.0. The van der Waals surface area contributed by atoms with E-state index in [-0.39, 0.29) is 0 Å². The smallest absolute Gasteiger partial charge is 0.0217 e. The van der Waals surface area contributed by atoms with Crippen molar-refractivity contribution >= 4 is 12.6 Å². The van der Waals surface area contributed by atoms with Gasteiger partial charge >= 0.3 is 0 Å². The molecular formula is C4H7S. The van der Waals surface area contributed by atoms with Gasteiger partial charge in [-0.05, 0) is 6.92 Å². The lowest BCUT2D eigenvalue weighted by molar-refractivity contribution is 1.66. The van der Waals surface area contributed by atoms with Gasteiger partial charge in [0.1, 0.15) is 0 Å². The minimum absolute atomic E-state index is 0.747. The summed E-state index contributed by atoms with van der Waals surface area (Å²) in [5.74, 6) is 0.747. The molecule has 0 unspecified atom stereocenters. The Hall–Kier alpha value is 0.0900. The Morgan fingerprint density at radius 2 is 2.40 bits per heavy atom. The first-order chi connectivity index (χ1) is 2.41. The summed E-state index contributed by atoms with van der Waals surface area (Å²) in [5.41, 5.74) is 0. The Bertz CT molecular complexity index is 30.6. The maximum absolute atomic E-state index is 4.56. The number of rotatable bonds is 1.